The van der Waals surface area contributed by atoms with Gasteiger partial charge in [0.1, 0.15) is 0 Å². The normalized spacial score (nSPS) is 17.3. The van der Waals surface area contributed by atoms with E-state index >= 15 is 0 Å². The first-order valence-electron chi connectivity index (χ1n) is 8.40. The van der Waals surface area contributed by atoms with Gasteiger partial charge in [-0.3, -0.25) is 4.90 Å². The second-order valence-electron chi connectivity index (χ2n) is 6.03. The minimum Gasteiger partial charge on any atom is -0.382 e. The van der Waals surface area contributed by atoms with E-state index < -0.39 is 0 Å². The van der Waals surface area contributed by atoms with Gasteiger partial charge in [-0.25, -0.2) is 0 Å². The van der Waals surface area contributed by atoms with Crippen molar-refractivity contribution in [2.24, 2.45) is 0 Å². The standard InChI is InChI=1S/C18H30N2/c1-3-5-11-17(4-2)19-18-12-7-6-10-16(18)15-20-13-8-9-14-20/h6-7,10,12,17,19H,3-5,8-9,11,13-15H2,1-2H3. The van der Waals surface area contributed by atoms with Gasteiger partial charge < -0.3 is 5.32 Å². The number of likely N-dealkylation sites (tertiary alicyclic amines) is 1. The lowest BCUT2D eigenvalue weighted by molar-refractivity contribution is 0.332. The van der Waals surface area contributed by atoms with Gasteiger partial charge in [-0.2, -0.15) is 0 Å². The quantitative estimate of drug-likeness (QED) is 0.741. The lowest BCUT2D eigenvalue weighted by Gasteiger charge is -2.22. The molecular formula is C18H30N2. The third-order valence-electron chi connectivity index (χ3n) is 4.37. The maximum absolute atomic E-state index is 3.78. The van der Waals surface area contributed by atoms with E-state index in [4.69, 9.17) is 0 Å². The minimum absolute atomic E-state index is 0.620. The Morgan fingerprint density at radius 1 is 1.15 bits per heavy atom. The van der Waals surface area contributed by atoms with Crippen molar-refractivity contribution < 1.29 is 0 Å². The zero-order chi connectivity index (χ0) is 14.2. The van der Waals surface area contributed by atoms with Crippen LogP contribution in [-0.2, 0) is 6.54 Å². The van der Waals surface area contributed by atoms with Crippen LogP contribution in [0.2, 0.25) is 0 Å². The highest BCUT2D eigenvalue weighted by atomic mass is 15.1. The number of hydrogen-bond acceptors (Lipinski definition) is 2. The summed E-state index contributed by atoms with van der Waals surface area (Å²) >= 11 is 0. The first-order chi connectivity index (χ1) is 9.83. The smallest absolute Gasteiger partial charge is 0.0388 e. The highest BCUT2D eigenvalue weighted by Crippen LogP contribution is 2.22. The van der Waals surface area contributed by atoms with E-state index in [1.165, 1.54) is 62.9 Å². The van der Waals surface area contributed by atoms with Crippen molar-refractivity contribution in [3.63, 3.8) is 0 Å². The van der Waals surface area contributed by atoms with Crippen LogP contribution in [0, 0.1) is 0 Å². The molecule has 2 rings (SSSR count). The molecule has 0 spiro atoms. The molecule has 2 heteroatoms. The van der Waals surface area contributed by atoms with Crippen molar-refractivity contribution in [2.75, 3.05) is 18.4 Å². The maximum atomic E-state index is 3.78. The van der Waals surface area contributed by atoms with Crippen LogP contribution in [0.15, 0.2) is 24.3 Å². The summed E-state index contributed by atoms with van der Waals surface area (Å²) in [5.41, 5.74) is 2.81. The summed E-state index contributed by atoms with van der Waals surface area (Å²) in [7, 11) is 0. The van der Waals surface area contributed by atoms with Crippen LogP contribution >= 0.6 is 0 Å². The predicted octanol–water partition coefficient (Wildman–Crippen LogP) is 4.66. The van der Waals surface area contributed by atoms with Crippen molar-refractivity contribution >= 4 is 5.69 Å². The molecule has 1 aliphatic rings. The number of nitrogens with zero attached hydrogens (tertiary/aromatic N) is 1. The third-order valence-corrected chi connectivity index (χ3v) is 4.37. The van der Waals surface area contributed by atoms with E-state index in [1.807, 2.05) is 0 Å². The van der Waals surface area contributed by atoms with Crippen molar-refractivity contribution in [2.45, 2.75) is 65.0 Å². The van der Waals surface area contributed by atoms with Crippen LogP contribution < -0.4 is 5.32 Å². The van der Waals surface area contributed by atoms with E-state index in [9.17, 15) is 0 Å². The average Bonchev–Trinajstić information content (AvgIpc) is 2.98. The summed E-state index contributed by atoms with van der Waals surface area (Å²) in [6, 6.07) is 9.48. The van der Waals surface area contributed by atoms with Crippen molar-refractivity contribution in [1.82, 2.24) is 4.90 Å². The summed E-state index contributed by atoms with van der Waals surface area (Å²) in [5.74, 6) is 0. The Hall–Kier alpha value is -1.02. The molecule has 1 saturated heterocycles. The number of rotatable bonds is 8. The third kappa shape index (κ3) is 4.52. The van der Waals surface area contributed by atoms with Crippen LogP contribution in [0.3, 0.4) is 0 Å². The molecule has 0 radical (unpaired) electrons. The number of hydrogen-bond donors (Lipinski definition) is 1. The fourth-order valence-corrected chi connectivity index (χ4v) is 3.03. The molecule has 0 saturated carbocycles. The first-order valence-corrected chi connectivity index (χ1v) is 8.40. The second kappa shape index (κ2) is 8.31. The average molecular weight is 274 g/mol. The molecule has 1 fully saturated rings. The molecule has 1 heterocycles. The lowest BCUT2D eigenvalue weighted by Crippen LogP contribution is -2.22. The topological polar surface area (TPSA) is 15.3 Å². The molecular weight excluding hydrogens is 244 g/mol. The summed E-state index contributed by atoms with van der Waals surface area (Å²) in [6.07, 6.45) is 7.82. The molecule has 1 aromatic rings. The largest absolute Gasteiger partial charge is 0.382 e. The number of unbranched alkanes of at least 4 members (excludes halogenated alkanes) is 1. The molecule has 0 aromatic heterocycles. The summed E-state index contributed by atoms with van der Waals surface area (Å²) in [6.45, 7) is 8.20. The van der Waals surface area contributed by atoms with Gasteiger partial charge in [0, 0.05) is 18.3 Å². The lowest BCUT2D eigenvalue weighted by atomic mass is 10.1. The summed E-state index contributed by atoms with van der Waals surface area (Å²) < 4.78 is 0. The van der Waals surface area contributed by atoms with E-state index in [-0.39, 0.29) is 0 Å². The molecule has 0 bridgehead atoms. The van der Waals surface area contributed by atoms with Gasteiger partial charge in [0.2, 0.25) is 0 Å². The molecule has 1 unspecified atom stereocenters. The van der Waals surface area contributed by atoms with E-state index in [0.29, 0.717) is 6.04 Å². The van der Waals surface area contributed by atoms with Crippen LogP contribution in [0.5, 0.6) is 0 Å². The van der Waals surface area contributed by atoms with Gasteiger partial charge in [0.05, 0.1) is 0 Å². The minimum atomic E-state index is 0.620. The Labute approximate surface area is 124 Å². The van der Waals surface area contributed by atoms with Crippen molar-refractivity contribution in [1.29, 1.82) is 0 Å². The molecule has 1 atom stereocenters. The SMILES string of the molecule is CCCCC(CC)Nc1ccccc1CN1CCCC1. The molecule has 1 N–H and O–H groups in total. The summed E-state index contributed by atoms with van der Waals surface area (Å²) in [5, 5.41) is 3.78. The Morgan fingerprint density at radius 2 is 1.90 bits per heavy atom. The number of para-hydroxylation sites is 1. The van der Waals surface area contributed by atoms with Crippen LogP contribution in [-0.4, -0.2) is 24.0 Å². The first kappa shape index (κ1) is 15.4. The molecule has 1 aliphatic heterocycles. The van der Waals surface area contributed by atoms with Gasteiger partial charge >= 0.3 is 0 Å². The Kier molecular flexibility index (Phi) is 6.38. The van der Waals surface area contributed by atoms with Crippen molar-refractivity contribution in [3.05, 3.63) is 29.8 Å². The van der Waals surface area contributed by atoms with Crippen molar-refractivity contribution in [3.8, 4) is 0 Å². The molecule has 1 aromatic carbocycles. The zero-order valence-electron chi connectivity index (χ0n) is 13.2. The van der Waals surface area contributed by atoms with Crippen LogP contribution in [0.1, 0.15) is 57.9 Å². The highest BCUT2D eigenvalue weighted by molar-refractivity contribution is 5.51. The molecule has 20 heavy (non-hydrogen) atoms. The van der Waals surface area contributed by atoms with E-state index in [1.54, 1.807) is 0 Å². The molecule has 0 amide bonds. The van der Waals surface area contributed by atoms with Gasteiger partial charge in [-0.05, 0) is 50.4 Å². The monoisotopic (exact) mass is 274 g/mol. The Morgan fingerprint density at radius 3 is 2.60 bits per heavy atom. The Bertz CT molecular complexity index is 383. The maximum Gasteiger partial charge on any atom is 0.0388 e. The van der Waals surface area contributed by atoms with Gasteiger partial charge in [0.25, 0.3) is 0 Å². The predicted molar refractivity (Wildman–Crippen MR) is 88.2 cm³/mol. The Balaban J connectivity index is 1.98. The highest BCUT2D eigenvalue weighted by Gasteiger charge is 2.14. The van der Waals surface area contributed by atoms with Crippen LogP contribution in [0.4, 0.5) is 5.69 Å². The number of nitrogens with one attached hydrogen (secondary N) is 1. The van der Waals surface area contributed by atoms with Crippen LogP contribution in [0.25, 0.3) is 0 Å². The molecule has 112 valence electrons. The van der Waals surface area contributed by atoms with Gasteiger partial charge in [-0.15, -0.1) is 0 Å². The molecule has 0 aliphatic carbocycles. The fraction of sp³-hybridized carbons (Fsp3) is 0.667. The van der Waals surface area contributed by atoms with E-state index in [0.717, 1.165) is 6.54 Å². The number of benzene rings is 1. The number of anilines is 1. The van der Waals surface area contributed by atoms with E-state index in [2.05, 4.69) is 48.3 Å². The van der Waals surface area contributed by atoms with Gasteiger partial charge in [0.15, 0.2) is 0 Å². The zero-order valence-corrected chi connectivity index (χ0v) is 13.2. The fourth-order valence-electron chi connectivity index (χ4n) is 3.03. The summed E-state index contributed by atoms with van der Waals surface area (Å²) in [4.78, 5) is 2.58. The second-order valence-corrected chi connectivity index (χ2v) is 6.03. The molecule has 2 nitrogen and oxygen atoms in total. The van der Waals surface area contributed by atoms with Gasteiger partial charge in [-0.1, -0.05) is 44.9 Å².